The molecule has 5 heteroatoms. The number of hydrogen-bond donors (Lipinski definition) is 3. The Morgan fingerprint density at radius 3 is 2.95 bits per heavy atom. The molecule has 5 nitrogen and oxygen atoms in total. The molecule has 1 aliphatic carbocycles. The van der Waals surface area contributed by atoms with E-state index < -0.39 is 0 Å². The highest BCUT2D eigenvalue weighted by Crippen LogP contribution is 2.26. The average Bonchev–Trinajstić information content (AvgIpc) is 2.53. The van der Waals surface area contributed by atoms with E-state index in [-0.39, 0.29) is 5.84 Å². The summed E-state index contributed by atoms with van der Waals surface area (Å²) in [6.07, 6.45) is 8.46. The predicted molar refractivity (Wildman–Crippen MR) is 79.6 cm³/mol. The Kier molecular flexibility index (Phi) is 5.35. The highest BCUT2D eigenvalue weighted by Gasteiger charge is 2.19. The van der Waals surface area contributed by atoms with Crippen LogP contribution in [-0.2, 0) is 6.54 Å². The summed E-state index contributed by atoms with van der Waals surface area (Å²) in [6, 6.07) is 4.33. The number of amidine groups is 1. The van der Waals surface area contributed by atoms with Gasteiger partial charge in [-0.05, 0) is 43.4 Å². The van der Waals surface area contributed by atoms with Gasteiger partial charge in [0.2, 0.25) is 0 Å². The lowest BCUT2D eigenvalue weighted by atomic mass is 9.84. The molecular weight excluding hydrogens is 252 g/mol. The molecule has 110 valence electrons. The monoisotopic (exact) mass is 276 g/mol. The van der Waals surface area contributed by atoms with Crippen LogP contribution in [0.3, 0.4) is 0 Å². The maximum atomic E-state index is 8.67. The number of pyridine rings is 1. The summed E-state index contributed by atoms with van der Waals surface area (Å²) >= 11 is 0. The fourth-order valence-corrected chi connectivity index (χ4v) is 2.86. The van der Waals surface area contributed by atoms with Gasteiger partial charge in [0.15, 0.2) is 5.84 Å². The van der Waals surface area contributed by atoms with E-state index >= 15 is 0 Å². The topological polar surface area (TPSA) is 83.5 Å². The fourth-order valence-electron chi connectivity index (χ4n) is 2.86. The molecule has 1 saturated carbocycles. The second-order valence-corrected chi connectivity index (χ2v) is 5.60. The van der Waals surface area contributed by atoms with Crippen molar-refractivity contribution < 1.29 is 5.21 Å². The normalized spacial score (nSPS) is 18.9. The number of nitrogens with two attached hydrogens (primary N) is 1. The lowest BCUT2D eigenvalue weighted by Gasteiger charge is -2.28. The molecule has 0 saturated heterocycles. The zero-order chi connectivity index (χ0) is 14.4. The van der Waals surface area contributed by atoms with Crippen LogP contribution in [0.25, 0.3) is 0 Å². The van der Waals surface area contributed by atoms with Crippen molar-refractivity contribution in [3.05, 3.63) is 29.6 Å². The second-order valence-electron chi connectivity index (χ2n) is 5.60. The maximum absolute atomic E-state index is 8.67. The Labute approximate surface area is 120 Å². The van der Waals surface area contributed by atoms with E-state index in [1.807, 2.05) is 12.1 Å². The molecule has 20 heavy (non-hydrogen) atoms. The van der Waals surface area contributed by atoms with Gasteiger partial charge in [-0.2, -0.15) is 0 Å². The van der Waals surface area contributed by atoms with Gasteiger partial charge in [-0.1, -0.05) is 24.4 Å². The van der Waals surface area contributed by atoms with Gasteiger partial charge < -0.3 is 16.3 Å². The Balaban J connectivity index is 1.90. The van der Waals surface area contributed by atoms with Gasteiger partial charge in [0, 0.05) is 18.8 Å². The highest BCUT2D eigenvalue weighted by molar-refractivity contribution is 5.95. The number of oxime groups is 1. The summed E-state index contributed by atoms with van der Waals surface area (Å²) in [7, 11) is 0. The zero-order valence-corrected chi connectivity index (χ0v) is 12.0. The third kappa shape index (κ3) is 3.93. The summed E-state index contributed by atoms with van der Waals surface area (Å²) in [5.74, 6) is 0.835. The summed E-state index contributed by atoms with van der Waals surface area (Å²) in [5, 5.41) is 15.2. The minimum Gasteiger partial charge on any atom is -0.409 e. The van der Waals surface area contributed by atoms with Crippen molar-refractivity contribution in [1.29, 1.82) is 0 Å². The van der Waals surface area contributed by atoms with Gasteiger partial charge in [0.25, 0.3) is 0 Å². The van der Waals surface area contributed by atoms with E-state index in [1.165, 1.54) is 32.1 Å². The Bertz CT molecular complexity index is 455. The number of aromatic nitrogens is 1. The summed E-state index contributed by atoms with van der Waals surface area (Å²) < 4.78 is 0. The average molecular weight is 276 g/mol. The Hall–Kier alpha value is -1.62. The van der Waals surface area contributed by atoms with E-state index in [9.17, 15) is 0 Å². The number of nitrogens with zero attached hydrogens (tertiary/aromatic N) is 2. The third-order valence-electron chi connectivity index (χ3n) is 4.18. The molecule has 1 aliphatic rings. The molecule has 1 aromatic rings. The van der Waals surface area contributed by atoms with Gasteiger partial charge in [-0.3, -0.25) is 4.98 Å². The number of nitrogens with one attached hydrogen (secondary N) is 1. The third-order valence-corrected chi connectivity index (χ3v) is 4.18. The SMILES string of the molecule is C[C@@H](NCc1ccnc(/C(N)=N/O)c1)C1CCCCC1. The molecule has 0 aliphatic heterocycles. The fraction of sp³-hybridized carbons (Fsp3) is 0.600. The minimum atomic E-state index is 0.0483. The van der Waals surface area contributed by atoms with Crippen LogP contribution in [0.15, 0.2) is 23.5 Å². The van der Waals surface area contributed by atoms with Gasteiger partial charge in [-0.15, -0.1) is 0 Å². The van der Waals surface area contributed by atoms with Crippen molar-refractivity contribution >= 4 is 5.84 Å². The smallest absolute Gasteiger partial charge is 0.188 e. The van der Waals surface area contributed by atoms with Crippen molar-refractivity contribution in [3.8, 4) is 0 Å². The van der Waals surface area contributed by atoms with Crippen LogP contribution >= 0.6 is 0 Å². The zero-order valence-electron chi connectivity index (χ0n) is 12.0. The molecule has 4 N–H and O–H groups in total. The first-order chi connectivity index (χ1) is 9.70. The van der Waals surface area contributed by atoms with E-state index in [4.69, 9.17) is 10.9 Å². The molecule has 1 aromatic heterocycles. The van der Waals surface area contributed by atoms with Crippen LogP contribution in [-0.4, -0.2) is 22.1 Å². The first-order valence-corrected chi connectivity index (χ1v) is 7.37. The maximum Gasteiger partial charge on any atom is 0.188 e. The van der Waals surface area contributed by atoms with E-state index in [1.54, 1.807) is 6.20 Å². The van der Waals surface area contributed by atoms with Crippen LogP contribution in [0.2, 0.25) is 0 Å². The van der Waals surface area contributed by atoms with E-state index in [2.05, 4.69) is 22.4 Å². The molecule has 0 unspecified atom stereocenters. The van der Waals surface area contributed by atoms with Crippen molar-refractivity contribution in [1.82, 2.24) is 10.3 Å². The first kappa shape index (κ1) is 14.8. The standard InChI is InChI=1S/C15H24N4O/c1-11(13-5-3-2-4-6-13)18-10-12-7-8-17-14(9-12)15(16)19-20/h7-9,11,13,18,20H,2-6,10H2,1H3,(H2,16,19)/t11-/m1/s1. The molecule has 0 bridgehead atoms. The lowest BCUT2D eigenvalue weighted by molar-refractivity contribution is 0.280. The summed E-state index contributed by atoms with van der Waals surface area (Å²) in [6.45, 7) is 3.05. The molecule has 1 fully saturated rings. The van der Waals surface area contributed by atoms with Crippen molar-refractivity contribution in [3.63, 3.8) is 0 Å². The van der Waals surface area contributed by atoms with Gasteiger partial charge in [0.1, 0.15) is 5.69 Å². The van der Waals surface area contributed by atoms with Crippen LogP contribution in [0, 0.1) is 5.92 Å². The number of rotatable bonds is 5. The summed E-state index contributed by atoms with van der Waals surface area (Å²) in [5.41, 5.74) is 7.17. The second kappa shape index (κ2) is 7.24. The van der Waals surface area contributed by atoms with Crippen molar-refractivity contribution in [2.45, 2.75) is 51.6 Å². The predicted octanol–water partition coefficient (Wildman–Crippen LogP) is 2.23. The van der Waals surface area contributed by atoms with Gasteiger partial charge in [0.05, 0.1) is 0 Å². The first-order valence-electron chi connectivity index (χ1n) is 7.37. The number of hydrogen-bond acceptors (Lipinski definition) is 4. The minimum absolute atomic E-state index is 0.0483. The van der Waals surface area contributed by atoms with Crippen LogP contribution in [0.4, 0.5) is 0 Å². The summed E-state index contributed by atoms with van der Waals surface area (Å²) in [4.78, 5) is 4.08. The molecule has 0 radical (unpaired) electrons. The molecule has 0 amide bonds. The van der Waals surface area contributed by atoms with Crippen LogP contribution in [0.5, 0.6) is 0 Å². The van der Waals surface area contributed by atoms with Gasteiger partial charge in [-0.25, -0.2) is 0 Å². The van der Waals surface area contributed by atoms with Gasteiger partial charge >= 0.3 is 0 Å². The Morgan fingerprint density at radius 1 is 1.50 bits per heavy atom. The Morgan fingerprint density at radius 2 is 2.25 bits per heavy atom. The van der Waals surface area contributed by atoms with E-state index in [0.717, 1.165) is 18.0 Å². The van der Waals surface area contributed by atoms with E-state index in [0.29, 0.717) is 11.7 Å². The van der Waals surface area contributed by atoms with Crippen LogP contribution in [0.1, 0.15) is 50.3 Å². The largest absolute Gasteiger partial charge is 0.409 e. The van der Waals surface area contributed by atoms with Crippen molar-refractivity contribution in [2.75, 3.05) is 0 Å². The molecule has 2 rings (SSSR count). The molecule has 1 atom stereocenters. The highest BCUT2D eigenvalue weighted by atomic mass is 16.4. The molecule has 0 aromatic carbocycles. The quantitative estimate of drug-likeness (QED) is 0.333. The molecule has 0 spiro atoms. The lowest BCUT2D eigenvalue weighted by Crippen LogP contribution is -2.34. The molecular formula is C15H24N4O. The van der Waals surface area contributed by atoms with Crippen molar-refractivity contribution in [2.24, 2.45) is 16.8 Å². The molecule has 1 heterocycles. The van der Waals surface area contributed by atoms with Crippen LogP contribution < -0.4 is 11.1 Å².